The van der Waals surface area contributed by atoms with E-state index in [1.807, 2.05) is 69.2 Å². The topological polar surface area (TPSA) is 179 Å². The number of aliphatic carboxylic acids is 1. The molecule has 1 aromatic rings. The molecule has 1 aromatic carbocycles. The average Bonchev–Trinajstić information content (AvgIpc) is 2.93. The first-order chi connectivity index (χ1) is 22.1. The van der Waals surface area contributed by atoms with Crippen molar-refractivity contribution in [2.45, 2.75) is 137 Å². The third-order valence-corrected chi connectivity index (χ3v) is 6.17. The summed E-state index contributed by atoms with van der Waals surface area (Å²) in [6.07, 6.45) is 2.27. The molecule has 50 heavy (non-hydrogen) atoms. The highest BCUT2D eigenvalue weighted by molar-refractivity contribution is 5.95. The molecule has 0 bridgehead atoms. The van der Waals surface area contributed by atoms with Crippen molar-refractivity contribution >= 4 is 41.1 Å². The standard InChI is InChI=1S/C12H15NO3.C8H15NO2.C8H17NO.C6H14.C5H10O2/c1-12(2,3)11(16)13-9-6-4-8(5-7-9)10(14)15;1-6(10)5-9-7(11)8(2,3)4;1-5-6-9-7(10)8(2,3)4;1-5-6(2,3)4;1-5(2,3)4(6)7/h4-7H,1-3H3,(H,13,16)(H,14,15);5H2,1-4H3,(H,9,11);5-6H2,1-4H3,(H,9,10);5H2,1-4H3;1-3H3,(H,6,7). The SMILES string of the molecule is CC(=O)CNC(=O)C(C)(C)C.CC(C)(C)C(=O)Nc1ccc(C(=O)O)cc1.CC(C)(C)C(=O)O.CCC(C)(C)C.CCCNC(=O)C(C)(C)C. The van der Waals surface area contributed by atoms with E-state index in [-0.39, 0.29) is 41.0 Å². The van der Waals surface area contributed by atoms with Crippen LogP contribution in [0.4, 0.5) is 5.69 Å². The first-order valence-corrected chi connectivity index (χ1v) is 17.1. The maximum atomic E-state index is 11.6. The molecule has 3 amide bonds. The number of carboxylic acid groups (broad SMARTS) is 2. The summed E-state index contributed by atoms with van der Waals surface area (Å²) in [6.45, 7) is 34.9. The van der Waals surface area contributed by atoms with E-state index in [1.165, 1.54) is 25.5 Å². The Kier molecular flexibility index (Phi) is 25.0. The summed E-state index contributed by atoms with van der Waals surface area (Å²) < 4.78 is 0. The number of rotatable bonds is 6. The van der Waals surface area contributed by atoms with Crippen molar-refractivity contribution in [3.8, 4) is 0 Å². The number of hydrogen-bond donors (Lipinski definition) is 5. The molecule has 0 aliphatic heterocycles. The Balaban J connectivity index is -0.000000277. The Morgan fingerprint density at radius 1 is 0.580 bits per heavy atom. The number of carboxylic acids is 2. The maximum absolute atomic E-state index is 11.6. The van der Waals surface area contributed by atoms with Gasteiger partial charge in [-0.25, -0.2) is 4.79 Å². The molecule has 0 fully saturated rings. The van der Waals surface area contributed by atoms with Crippen LogP contribution in [-0.2, 0) is 24.0 Å². The van der Waals surface area contributed by atoms with E-state index >= 15 is 0 Å². The number of benzene rings is 1. The minimum Gasteiger partial charge on any atom is -0.481 e. The van der Waals surface area contributed by atoms with Crippen LogP contribution in [0.2, 0.25) is 0 Å². The van der Waals surface area contributed by atoms with Gasteiger partial charge in [-0.2, -0.15) is 0 Å². The zero-order chi connectivity index (χ0) is 40.9. The summed E-state index contributed by atoms with van der Waals surface area (Å²) in [5.74, 6) is -1.82. The molecule has 290 valence electrons. The highest BCUT2D eigenvalue weighted by atomic mass is 16.4. The normalized spacial score (nSPS) is 11.2. The van der Waals surface area contributed by atoms with Gasteiger partial charge >= 0.3 is 11.9 Å². The fraction of sp³-hybridized carbons (Fsp3) is 0.692. The van der Waals surface area contributed by atoms with Gasteiger partial charge in [0.1, 0.15) is 5.78 Å². The Labute approximate surface area is 303 Å². The molecule has 0 atom stereocenters. The van der Waals surface area contributed by atoms with Gasteiger partial charge in [0.15, 0.2) is 0 Å². The zero-order valence-electron chi connectivity index (χ0n) is 34.5. The molecular formula is C39H71N3O8. The van der Waals surface area contributed by atoms with Crippen LogP contribution in [0.25, 0.3) is 0 Å². The second-order valence-electron chi connectivity index (χ2n) is 17.2. The molecule has 0 saturated carbocycles. The number of ketones is 1. The van der Waals surface area contributed by atoms with Crippen LogP contribution >= 0.6 is 0 Å². The number of amides is 3. The first kappa shape index (κ1) is 53.0. The van der Waals surface area contributed by atoms with E-state index in [2.05, 4.69) is 43.6 Å². The highest BCUT2D eigenvalue weighted by Crippen LogP contribution is 2.18. The number of Topliss-reactive ketones (excluding diaryl/α,β-unsaturated/α-hetero) is 1. The number of nitrogens with one attached hydrogen (secondary N) is 3. The summed E-state index contributed by atoms with van der Waals surface area (Å²) >= 11 is 0. The summed E-state index contributed by atoms with van der Waals surface area (Å²) in [4.78, 5) is 64.9. The highest BCUT2D eigenvalue weighted by Gasteiger charge is 2.22. The average molecular weight is 710 g/mol. The molecule has 0 aliphatic rings. The van der Waals surface area contributed by atoms with E-state index in [4.69, 9.17) is 10.2 Å². The lowest BCUT2D eigenvalue weighted by Gasteiger charge is -2.17. The lowest BCUT2D eigenvalue weighted by atomic mass is 9.94. The minimum absolute atomic E-state index is 0.0254. The zero-order valence-corrected chi connectivity index (χ0v) is 34.5. The van der Waals surface area contributed by atoms with Crippen molar-refractivity contribution < 1.29 is 39.0 Å². The van der Waals surface area contributed by atoms with Gasteiger partial charge in [-0.15, -0.1) is 0 Å². The van der Waals surface area contributed by atoms with Crippen molar-refractivity contribution in [1.82, 2.24) is 10.6 Å². The number of hydrogen-bond acceptors (Lipinski definition) is 6. The van der Waals surface area contributed by atoms with Crippen LogP contribution in [0.5, 0.6) is 0 Å². The molecule has 0 radical (unpaired) electrons. The Bertz CT molecular complexity index is 1190. The second-order valence-corrected chi connectivity index (χ2v) is 17.2. The van der Waals surface area contributed by atoms with E-state index < -0.39 is 28.2 Å². The van der Waals surface area contributed by atoms with Crippen LogP contribution in [0, 0.1) is 27.1 Å². The molecule has 0 aliphatic carbocycles. The lowest BCUT2D eigenvalue weighted by molar-refractivity contribution is -0.145. The largest absolute Gasteiger partial charge is 0.481 e. The van der Waals surface area contributed by atoms with Gasteiger partial charge in [0.2, 0.25) is 17.7 Å². The van der Waals surface area contributed by atoms with Gasteiger partial charge in [0, 0.05) is 28.5 Å². The summed E-state index contributed by atoms with van der Waals surface area (Å²) in [5.41, 5.74) is -0.352. The molecule has 1 rings (SSSR count). The van der Waals surface area contributed by atoms with Crippen molar-refractivity contribution in [2.24, 2.45) is 27.1 Å². The molecule has 0 saturated heterocycles. The summed E-state index contributed by atoms with van der Waals surface area (Å²) in [6, 6.07) is 6.07. The molecule has 11 heteroatoms. The number of carbonyl (C=O) groups is 6. The monoisotopic (exact) mass is 710 g/mol. The molecule has 0 spiro atoms. The third kappa shape index (κ3) is 32.8. The van der Waals surface area contributed by atoms with Gasteiger partial charge in [-0.05, 0) is 63.8 Å². The Hall–Kier alpha value is -3.76. The summed E-state index contributed by atoms with van der Waals surface area (Å²) in [5, 5.41) is 25.0. The summed E-state index contributed by atoms with van der Waals surface area (Å²) in [7, 11) is 0. The smallest absolute Gasteiger partial charge is 0.335 e. The fourth-order valence-electron chi connectivity index (χ4n) is 1.99. The molecule has 0 aromatic heterocycles. The number of aromatic carboxylic acids is 1. The van der Waals surface area contributed by atoms with Gasteiger partial charge < -0.3 is 26.2 Å². The van der Waals surface area contributed by atoms with Gasteiger partial charge in [-0.3, -0.25) is 24.0 Å². The molecule has 5 N–H and O–H groups in total. The van der Waals surface area contributed by atoms with Gasteiger partial charge in [-0.1, -0.05) is 103 Å². The molecule has 0 heterocycles. The van der Waals surface area contributed by atoms with Crippen LogP contribution in [0.3, 0.4) is 0 Å². The lowest BCUT2D eigenvalue weighted by Crippen LogP contribution is -2.37. The van der Waals surface area contributed by atoms with E-state index in [1.54, 1.807) is 32.9 Å². The Morgan fingerprint density at radius 2 is 0.920 bits per heavy atom. The van der Waals surface area contributed by atoms with Crippen molar-refractivity contribution in [2.75, 3.05) is 18.4 Å². The predicted octanol–water partition coefficient (Wildman–Crippen LogP) is 8.23. The quantitative estimate of drug-likeness (QED) is 0.196. The third-order valence-electron chi connectivity index (χ3n) is 6.17. The van der Waals surface area contributed by atoms with Gasteiger partial charge in [0.25, 0.3) is 0 Å². The first-order valence-electron chi connectivity index (χ1n) is 17.1. The second kappa shape index (κ2) is 23.6. The van der Waals surface area contributed by atoms with Crippen LogP contribution in [-0.4, -0.2) is 58.7 Å². The van der Waals surface area contributed by atoms with Crippen molar-refractivity contribution in [3.63, 3.8) is 0 Å². The van der Waals surface area contributed by atoms with Crippen LogP contribution < -0.4 is 16.0 Å². The van der Waals surface area contributed by atoms with Crippen molar-refractivity contribution in [3.05, 3.63) is 29.8 Å². The van der Waals surface area contributed by atoms with E-state index in [0.29, 0.717) is 11.1 Å². The molecule has 11 nitrogen and oxygen atoms in total. The number of anilines is 1. The van der Waals surface area contributed by atoms with Crippen LogP contribution in [0.15, 0.2) is 24.3 Å². The van der Waals surface area contributed by atoms with Crippen molar-refractivity contribution in [1.29, 1.82) is 0 Å². The van der Waals surface area contributed by atoms with E-state index in [0.717, 1.165) is 13.0 Å². The van der Waals surface area contributed by atoms with Crippen LogP contribution in [0.1, 0.15) is 148 Å². The maximum Gasteiger partial charge on any atom is 0.335 e. The van der Waals surface area contributed by atoms with E-state index in [9.17, 15) is 28.8 Å². The number of carbonyl (C=O) groups excluding carboxylic acids is 4. The predicted molar refractivity (Wildman–Crippen MR) is 204 cm³/mol. The molecular weight excluding hydrogens is 638 g/mol. The molecule has 0 unspecified atom stereocenters. The minimum atomic E-state index is -0.978. The Morgan fingerprint density at radius 3 is 1.16 bits per heavy atom. The van der Waals surface area contributed by atoms with Gasteiger partial charge in [0.05, 0.1) is 17.5 Å². The fourth-order valence-corrected chi connectivity index (χ4v) is 1.99.